The Bertz CT molecular complexity index is 918. The highest BCUT2D eigenvalue weighted by Gasteiger charge is 2.07. The molecule has 6 N–H and O–H groups in total. The van der Waals surface area contributed by atoms with Crippen LogP contribution in [0.5, 0.6) is 0 Å². The highest BCUT2D eigenvalue weighted by atomic mass is 15.0. The molecule has 0 unspecified atom stereocenters. The molecule has 3 rings (SSSR count). The van der Waals surface area contributed by atoms with Crippen molar-refractivity contribution in [3.63, 3.8) is 0 Å². The van der Waals surface area contributed by atoms with E-state index in [2.05, 4.69) is 4.98 Å². The third-order valence-electron chi connectivity index (χ3n) is 3.68. The second-order valence-corrected chi connectivity index (χ2v) is 5.42. The zero-order valence-electron chi connectivity index (χ0n) is 12.9. The van der Waals surface area contributed by atoms with Gasteiger partial charge >= 0.3 is 0 Å². The summed E-state index contributed by atoms with van der Waals surface area (Å²) in [6.45, 7) is 1.90. The van der Waals surface area contributed by atoms with Crippen LogP contribution in [0.1, 0.15) is 12.5 Å². The fraction of sp³-hybridized carbons (Fsp3) is 0.0556. The van der Waals surface area contributed by atoms with Gasteiger partial charge < -0.3 is 17.2 Å². The van der Waals surface area contributed by atoms with Gasteiger partial charge in [-0.1, -0.05) is 12.1 Å². The van der Waals surface area contributed by atoms with Gasteiger partial charge in [0.1, 0.15) is 5.65 Å². The number of hydrogen-bond acceptors (Lipinski definition) is 4. The average Bonchev–Trinajstić information content (AvgIpc) is 2.97. The van der Waals surface area contributed by atoms with E-state index in [0.29, 0.717) is 5.70 Å². The lowest BCUT2D eigenvalue weighted by molar-refractivity contribution is 1.18. The quantitative estimate of drug-likeness (QED) is 0.512. The van der Waals surface area contributed by atoms with Crippen molar-refractivity contribution in [3.05, 3.63) is 72.2 Å². The summed E-state index contributed by atoms with van der Waals surface area (Å²) in [4.78, 5) is 4.47. The van der Waals surface area contributed by atoms with Crippen LogP contribution < -0.4 is 17.2 Å². The second-order valence-electron chi connectivity index (χ2n) is 5.42. The Kier molecular flexibility index (Phi) is 3.76. The predicted molar refractivity (Wildman–Crippen MR) is 95.1 cm³/mol. The number of aromatic nitrogens is 2. The van der Waals surface area contributed by atoms with Crippen molar-refractivity contribution in [2.45, 2.75) is 6.92 Å². The number of allylic oxidation sites excluding steroid dienone is 2. The topological polar surface area (TPSA) is 95.4 Å². The molecule has 5 nitrogen and oxygen atoms in total. The number of rotatable bonds is 3. The zero-order valence-corrected chi connectivity index (χ0v) is 12.9. The predicted octanol–water partition coefficient (Wildman–Crippen LogP) is 2.75. The summed E-state index contributed by atoms with van der Waals surface area (Å²) in [6, 6.07) is 11.6. The number of benzene rings is 1. The smallest absolute Gasteiger partial charge is 0.137 e. The van der Waals surface area contributed by atoms with Crippen molar-refractivity contribution in [1.82, 2.24) is 9.38 Å². The molecule has 23 heavy (non-hydrogen) atoms. The van der Waals surface area contributed by atoms with Gasteiger partial charge in [0.25, 0.3) is 0 Å². The lowest BCUT2D eigenvalue weighted by Gasteiger charge is -2.06. The SMILES string of the molecule is CC(=C/N)/C=C(\N)c1ccn2c(-c3cccc(N)c3)cnc2c1. The first-order valence-corrected chi connectivity index (χ1v) is 7.27. The maximum atomic E-state index is 6.11. The minimum Gasteiger partial charge on any atom is -0.404 e. The van der Waals surface area contributed by atoms with E-state index in [1.54, 1.807) is 0 Å². The van der Waals surface area contributed by atoms with Gasteiger partial charge in [-0.05, 0) is 49.0 Å². The van der Waals surface area contributed by atoms with Crippen molar-refractivity contribution >= 4 is 17.0 Å². The number of pyridine rings is 1. The molecule has 2 heterocycles. The van der Waals surface area contributed by atoms with E-state index >= 15 is 0 Å². The lowest BCUT2D eigenvalue weighted by atomic mass is 10.1. The molecule has 0 atom stereocenters. The molecular weight excluding hydrogens is 286 g/mol. The molecule has 0 fully saturated rings. The first-order valence-electron chi connectivity index (χ1n) is 7.27. The maximum absolute atomic E-state index is 6.11. The Morgan fingerprint density at radius 3 is 2.78 bits per heavy atom. The van der Waals surface area contributed by atoms with E-state index in [9.17, 15) is 0 Å². The fourth-order valence-corrected chi connectivity index (χ4v) is 2.45. The summed E-state index contributed by atoms with van der Waals surface area (Å²) in [7, 11) is 0. The minimum atomic E-state index is 0.653. The zero-order chi connectivity index (χ0) is 16.4. The molecule has 116 valence electrons. The van der Waals surface area contributed by atoms with Crippen LogP contribution in [0.4, 0.5) is 5.69 Å². The third kappa shape index (κ3) is 2.89. The van der Waals surface area contributed by atoms with Crippen LogP contribution in [0.25, 0.3) is 22.6 Å². The summed E-state index contributed by atoms with van der Waals surface area (Å²) < 4.78 is 2.01. The molecule has 0 bridgehead atoms. The number of nitrogens with zero attached hydrogens (tertiary/aromatic N) is 2. The molecule has 0 aliphatic rings. The first kappa shape index (κ1) is 14.7. The van der Waals surface area contributed by atoms with Crippen molar-refractivity contribution in [2.24, 2.45) is 11.5 Å². The van der Waals surface area contributed by atoms with Crippen LogP contribution in [0, 0.1) is 0 Å². The summed E-state index contributed by atoms with van der Waals surface area (Å²) in [5.74, 6) is 0. The number of anilines is 1. The molecule has 0 saturated heterocycles. The van der Waals surface area contributed by atoms with Crippen molar-refractivity contribution < 1.29 is 0 Å². The number of fused-ring (bicyclic) bond motifs is 1. The third-order valence-corrected chi connectivity index (χ3v) is 3.68. The number of imidazole rings is 1. The molecule has 2 aromatic heterocycles. The molecule has 0 aliphatic carbocycles. The number of hydrogen-bond donors (Lipinski definition) is 3. The van der Waals surface area contributed by atoms with Gasteiger partial charge in [0, 0.05) is 28.7 Å². The Balaban J connectivity index is 2.06. The Labute approximate surface area is 134 Å². The van der Waals surface area contributed by atoms with E-state index in [-0.39, 0.29) is 0 Å². The Morgan fingerprint density at radius 2 is 2.04 bits per heavy atom. The first-order chi connectivity index (χ1) is 11.1. The largest absolute Gasteiger partial charge is 0.404 e. The van der Waals surface area contributed by atoms with Crippen LogP contribution in [-0.4, -0.2) is 9.38 Å². The molecule has 5 heteroatoms. The minimum absolute atomic E-state index is 0.653. The summed E-state index contributed by atoms with van der Waals surface area (Å²) >= 11 is 0. The van der Waals surface area contributed by atoms with E-state index in [4.69, 9.17) is 17.2 Å². The highest BCUT2D eigenvalue weighted by molar-refractivity contribution is 5.71. The monoisotopic (exact) mass is 305 g/mol. The Morgan fingerprint density at radius 1 is 1.22 bits per heavy atom. The molecule has 0 spiro atoms. The van der Waals surface area contributed by atoms with Gasteiger partial charge in [-0.3, -0.25) is 4.40 Å². The van der Waals surface area contributed by atoms with E-state index in [1.807, 2.05) is 66.2 Å². The van der Waals surface area contributed by atoms with Gasteiger partial charge in [-0.2, -0.15) is 0 Å². The highest BCUT2D eigenvalue weighted by Crippen LogP contribution is 2.24. The lowest BCUT2D eigenvalue weighted by Crippen LogP contribution is -1.99. The standard InChI is InChI=1S/C18H19N5/c1-12(10-19)7-16(21)13-5-6-23-17(11-22-18(23)9-13)14-3-2-4-15(20)8-14/h2-11H,19-21H2,1H3/b12-10-,16-7-. The van der Waals surface area contributed by atoms with Crippen LogP contribution >= 0.6 is 0 Å². The summed E-state index contributed by atoms with van der Waals surface area (Å²) in [6.07, 6.45) is 7.16. The average molecular weight is 305 g/mol. The van der Waals surface area contributed by atoms with Crippen molar-refractivity contribution in [2.75, 3.05) is 5.73 Å². The molecule has 0 saturated carbocycles. The fourth-order valence-electron chi connectivity index (χ4n) is 2.45. The maximum Gasteiger partial charge on any atom is 0.137 e. The van der Waals surface area contributed by atoms with Crippen LogP contribution in [0.15, 0.2) is 66.6 Å². The summed E-state index contributed by atoms with van der Waals surface area (Å²) in [5.41, 5.74) is 23.5. The number of nitrogen functional groups attached to an aromatic ring is 1. The number of nitrogens with two attached hydrogens (primary N) is 3. The van der Waals surface area contributed by atoms with Gasteiger partial charge in [-0.25, -0.2) is 4.98 Å². The normalized spacial score (nSPS) is 12.7. The Hall–Kier alpha value is -3.21. The summed E-state index contributed by atoms with van der Waals surface area (Å²) in [5, 5.41) is 0. The van der Waals surface area contributed by atoms with E-state index < -0.39 is 0 Å². The van der Waals surface area contributed by atoms with Crippen molar-refractivity contribution in [3.8, 4) is 11.3 Å². The van der Waals surface area contributed by atoms with Crippen molar-refractivity contribution in [1.29, 1.82) is 0 Å². The molecule has 0 radical (unpaired) electrons. The molecular formula is C18H19N5. The van der Waals surface area contributed by atoms with E-state index in [1.165, 1.54) is 6.20 Å². The van der Waals surface area contributed by atoms with Gasteiger partial charge in [0.05, 0.1) is 11.9 Å². The molecule has 0 amide bonds. The van der Waals surface area contributed by atoms with Crippen LogP contribution in [-0.2, 0) is 0 Å². The second kappa shape index (κ2) is 5.88. The molecule has 1 aromatic carbocycles. The van der Waals surface area contributed by atoms with Crippen LogP contribution in [0.3, 0.4) is 0 Å². The van der Waals surface area contributed by atoms with Crippen LogP contribution in [0.2, 0.25) is 0 Å². The van der Waals surface area contributed by atoms with Gasteiger partial charge in [0.15, 0.2) is 0 Å². The molecule has 0 aliphatic heterocycles. The van der Waals surface area contributed by atoms with Gasteiger partial charge in [-0.15, -0.1) is 0 Å². The van der Waals surface area contributed by atoms with E-state index in [0.717, 1.165) is 33.7 Å². The molecule has 3 aromatic rings. The van der Waals surface area contributed by atoms with Gasteiger partial charge in [0.2, 0.25) is 0 Å².